The largest absolute Gasteiger partial charge is 0.488 e. The van der Waals surface area contributed by atoms with E-state index in [1.807, 2.05) is 6.92 Å². The SMILES string of the molecule is C/C(=C/NS(=O)(=O)C(C)C)COC1=C(N2CC3(CCN(CC4CCCCCCC4)CC3)C2)N(C)CNC1. The van der Waals surface area contributed by atoms with Gasteiger partial charge in [0.2, 0.25) is 10.0 Å². The summed E-state index contributed by atoms with van der Waals surface area (Å²) in [4.78, 5) is 7.50. The van der Waals surface area contributed by atoms with Gasteiger partial charge in [-0.15, -0.1) is 0 Å². The molecule has 1 spiro atoms. The summed E-state index contributed by atoms with van der Waals surface area (Å²) in [5.74, 6) is 3.06. The minimum atomic E-state index is -3.32. The molecular weight excluding hydrogens is 486 g/mol. The molecule has 8 nitrogen and oxygen atoms in total. The number of rotatable bonds is 9. The summed E-state index contributed by atoms with van der Waals surface area (Å²) < 4.78 is 32.9. The first-order valence-corrected chi connectivity index (χ1v) is 16.1. The second-order valence-electron chi connectivity index (χ2n) is 12.4. The highest BCUT2D eigenvalue weighted by molar-refractivity contribution is 7.90. The van der Waals surface area contributed by atoms with Gasteiger partial charge in [-0.2, -0.15) is 0 Å². The zero-order valence-electron chi connectivity index (χ0n) is 23.7. The van der Waals surface area contributed by atoms with Crippen molar-refractivity contribution in [2.75, 3.05) is 59.6 Å². The van der Waals surface area contributed by atoms with Crippen molar-refractivity contribution in [1.29, 1.82) is 0 Å². The van der Waals surface area contributed by atoms with E-state index >= 15 is 0 Å². The Morgan fingerprint density at radius 3 is 2.43 bits per heavy atom. The van der Waals surface area contributed by atoms with Crippen molar-refractivity contribution in [3.05, 3.63) is 23.4 Å². The monoisotopic (exact) mass is 537 g/mol. The molecule has 0 bridgehead atoms. The molecule has 0 aromatic heterocycles. The Labute approximate surface area is 225 Å². The fourth-order valence-corrected chi connectivity index (χ4v) is 6.96. The van der Waals surface area contributed by atoms with Crippen molar-refractivity contribution in [3.8, 4) is 0 Å². The Balaban J connectivity index is 1.28. The number of hydrogen-bond acceptors (Lipinski definition) is 7. The molecule has 0 aromatic carbocycles. The molecule has 0 radical (unpaired) electrons. The van der Waals surface area contributed by atoms with Gasteiger partial charge in [0, 0.05) is 38.3 Å². The van der Waals surface area contributed by atoms with E-state index in [1.165, 1.54) is 83.2 Å². The zero-order chi connectivity index (χ0) is 26.5. The van der Waals surface area contributed by atoms with Crippen LogP contribution in [0.1, 0.15) is 78.6 Å². The lowest BCUT2D eigenvalue weighted by Crippen LogP contribution is -2.62. The lowest BCUT2D eigenvalue weighted by Gasteiger charge is -2.57. The summed E-state index contributed by atoms with van der Waals surface area (Å²) in [6.45, 7) is 13.2. The number of nitrogens with zero attached hydrogens (tertiary/aromatic N) is 3. The van der Waals surface area contributed by atoms with Crippen LogP contribution in [-0.4, -0.2) is 88.0 Å². The van der Waals surface area contributed by atoms with Gasteiger partial charge in [0.15, 0.2) is 5.76 Å². The predicted octanol–water partition coefficient (Wildman–Crippen LogP) is 3.65. The molecule has 37 heavy (non-hydrogen) atoms. The third-order valence-corrected chi connectivity index (χ3v) is 10.5. The lowest BCUT2D eigenvalue weighted by atomic mass is 9.71. The number of likely N-dealkylation sites (tertiary alicyclic amines) is 2. The van der Waals surface area contributed by atoms with Crippen LogP contribution in [0.25, 0.3) is 0 Å². The van der Waals surface area contributed by atoms with Gasteiger partial charge in [0.05, 0.1) is 18.5 Å². The predicted molar refractivity (Wildman–Crippen MR) is 150 cm³/mol. The molecule has 4 aliphatic rings. The molecule has 2 saturated heterocycles. The molecule has 3 aliphatic heterocycles. The molecule has 212 valence electrons. The molecule has 9 heteroatoms. The molecule has 4 rings (SSSR count). The van der Waals surface area contributed by atoms with Crippen molar-refractivity contribution in [3.63, 3.8) is 0 Å². The summed E-state index contributed by atoms with van der Waals surface area (Å²) in [5.41, 5.74) is 1.30. The van der Waals surface area contributed by atoms with Gasteiger partial charge in [-0.3, -0.25) is 10.0 Å². The Morgan fingerprint density at radius 1 is 1.14 bits per heavy atom. The number of piperidine rings is 1. The third kappa shape index (κ3) is 7.57. The highest BCUT2D eigenvalue weighted by Crippen LogP contribution is 2.43. The molecule has 1 aliphatic carbocycles. The topological polar surface area (TPSA) is 77.2 Å². The highest BCUT2D eigenvalue weighted by Gasteiger charge is 2.47. The standard InChI is InChI=1S/C28H51N5O3S/c1-23(2)37(34,35)30-16-24(3)19-36-26-17-29-22-31(4)27(26)33-20-28(21-33)12-14-32(15-13-28)18-25-10-8-6-5-7-9-11-25/h16,23,25,29-30H,5-15,17-22H2,1-4H3/b24-16-. The fourth-order valence-electron chi connectivity index (χ4n) is 6.33. The van der Waals surface area contributed by atoms with E-state index in [-0.39, 0.29) is 0 Å². The zero-order valence-corrected chi connectivity index (χ0v) is 24.5. The second kappa shape index (κ2) is 12.6. The van der Waals surface area contributed by atoms with Crippen LogP contribution in [0.15, 0.2) is 23.4 Å². The molecule has 2 N–H and O–H groups in total. The van der Waals surface area contributed by atoms with Gasteiger partial charge in [0.25, 0.3) is 0 Å². The van der Waals surface area contributed by atoms with Crippen molar-refractivity contribution in [1.82, 2.24) is 24.7 Å². The van der Waals surface area contributed by atoms with Crippen LogP contribution in [0.3, 0.4) is 0 Å². The highest BCUT2D eigenvalue weighted by atomic mass is 32.2. The maximum atomic E-state index is 12.0. The minimum Gasteiger partial charge on any atom is -0.488 e. The fraction of sp³-hybridized carbons (Fsp3) is 0.857. The Hall–Kier alpha value is -1.45. The van der Waals surface area contributed by atoms with E-state index in [9.17, 15) is 8.42 Å². The smallest absolute Gasteiger partial charge is 0.234 e. The Kier molecular flexibility index (Phi) is 9.73. The van der Waals surface area contributed by atoms with Crippen LogP contribution in [0, 0.1) is 11.3 Å². The second-order valence-corrected chi connectivity index (χ2v) is 14.7. The Bertz CT molecular complexity index is 908. The van der Waals surface area contributed by atoms with Crippen LogP contribution in [0.2, 0.25) is 0 Å². The number of hydrogen-bond donors (Lipinski definition) is 2. The summed E-state index contributed by atoms with van der Waals surface area (Å²) in [5, 5.41) is 2.95. The van der Waals surface area contributed by atoms with E-state index in [1.54, 1.807) is 20.0 Å². The van der Waals surface area contributed by atoms with Gasteiger partial charge in [-0.05, 0) is 71.0 Å². The van der Waals surface area contributed by atoms with Gasteiger partial charge in [-0.1, -0.05) is 32.1 Å². The van der Waals surface area contributed by atoms with Gasteiger partial charge in [0.1, 0.15) is 12.4 Å². The van der Waals surface area contributed by atoms with Crippen molar-refractivity contribution in [2.24, 2.45) is 11.3 Å². The van der Waals surface area contributed by atoms with E-state index in [0.717, 1.165) is 37.0 Å². The summed E-state index contributed by atoms with van der Waals surface area (Å²) in [6.07, 6.45) is 14.2. The number of sulfonamides is 1. The molecule has 0 unspecified atom stereocenters. The average Bonchev–Trinajstić information content (AvgIpc) is 2.82. The van der Waals surface area contributed by atoms with E-state index in [0.29, 0.717) is 18.6 Å². The van der Waals surface area contributed by atoms with Crippen molar-refractivity contribution < 1.29 is 13.2 Å². The summed E-state index contributed by atoms with van der Waals surface area (Å²) >= 11 is 0. The van der Waals surface area contributed by atoms with Gasteiger partial charge < -0.3 is 19.4 Å². The van der Waals surface area contributed by atoms with Crippen molar-refractivity contribution in [2.45, 2.75) is 83.8 Å². The Morgan fingerprint density at radius 2 is 1.78 bits per heavy atom. The maximum Gasteiger partial charge on any atom is 0.234 e. The molecule has 3 heterocycles. The average molecular weight is 538 g/mol. The molecule has 3 fully saturated rings. The summed E-state index contributed by atoms with van der Waals surface area (Å²) in [7, 11) is -1.20. The number of ether oxygens (including phenoxy) is 1. The summed E-state index contributed by atoms with van der Waals surface area (Å²) in [6, 6.07) is 0. The molecule has 0 amide bonds. The lowest BCUT2D eigenvalue weighted by molar-refractivity contribution is -0.0501. The van der Waals surface area contributed by atoms with Crippen LogP contribution >= 0.6 is 0 Å². The molecule has 0 aromatic rings. The first-order valence-electron chi connectivity index (χ1n) is 14.6. The number of nitrogens with one attached hydrogen (secondary N) is 2. The minimum absolute atomic E-state index is 0.365. The van der Waals surface area contributed by atoms with Crippen LogP contribution in [-0.2, 0) is 14.8 Å². The van der Waals surface area contributed by atoms with Gasteiger partial charge >= 0.3 is 0 Å². The van der Waals surface area contributed by atoms with Crippen LogP contribution < -0.4 is 10.0 Å². The maximum absolute atomic E-state index is 12.0. The van der Waals surface area contributed by atoms with Gasteiger partial charge in [-0.25, -0.2) is 8.42 Å². The normalized spacial score (nSPS) is 24.7. The molecule has 1 saturated carbocycles. The van der Waals surface area contributed by atoms with Crippen LogP contribution in [0.4, 0.5) is 0 Å². The van der Waals surface area contributed by atoms with Crippen molar-refractivity contribution >= 4 is 10.0 Å². The molecular formula is C28H51N5O3S. The van der Waals surface area contributed by atoms with E-state index in [4.69, 9.17) is 4.74 Å². The van der Waals surface area contributed by atoms with Crippen LogP contribution in [0.5, 0.6) is 0 Å². The van der Waals surface area contributed by atoms with E-state index in [2.05, 4.69) is 31.8 Å². The first kappa shape index (κ1) is 28.6. The quantitative estimate of drug-likeness (QED) is 0.465. The molecule has 0 atom stereocenters. The first-order chi connectivity index (χ1) is 17.7. The third-order valence-electron chi connectivity index (χ3n) is 8.82. The van der Waals surface area contributed by atoms with E-state index < -0.39 is 15.3 Å².